The van der Waals surface area contributed by atoms with Crippen molar-refractivity contribution in [3.8, 4) is 0 Å². The van der Waals surface area contributed by atoms with Crippen LogP contribution in [0.5, 0.6) is 0 Å². The molecular weight excluding hydrogens is 340 g/mol. The number of ketones is 1. The normalized spacial score (nSPS) is 17.6. The zero-order valence-electron chi connectivity index (χ0n) is 16.1. The van der Waals surface area contributed by atoms with Crippen molar-refractivity contribution in [1.82, 2.24) is 4.98 Å². The van der Waals surface area contributed by atoms with Crippen LogP contribution >= 0.6 is 0 Å². The third kappa shape index (κ3) is 3.37. The molecular formula is C22H24N2O3. The summed E-state index contributed by atoms with van der Waals surface area (Å²) < 4.78 is 0. The molecule has 3 rings (SSSR count). The quantitative estimate of drug-likeness (QED) is 0.884. The lowest BCUT2D eigenvalue weighted by Crippen LogP contribution is -2.32. The zero-order chi connectivity index (χ0) is 19.8. The molecule has 5 nitrogen and oxygen atoms in total. The molecule has 1 aromatic heterocycles. The molecule has 1 aliphatic rings. The lowest BCUT2D eigenvalue weighted by molar-refractivity contribution is -0.123. The van der Waals surface area contributed by atoms with Gasteiger partial charge in [0.2, 0.25) is 0 Å². The van der Waals surface area contributed by atoms with Gasteiger partial charge in [-0.15, -0.1) is 0 Å². The van der Waals surface area contributed by atoms with Crippen molar-refractivity contribution in [3.05, 3.63) is 71.3 Å². The van der Waals surface area contributed by atoms with E-state index in [-0.39, 0.29) is 11.4 Å². The Morgan fingerprint density at radius 3 is 2.22 bits per heavy atom. The van der Waals surface area contributed by atoms with E-state index in [1.165, 1.54) is 4.90 Å². The number of pyridine rings is 1. The van der Waals surface area contributed by atoms with Crippen molar-refractivity contribution in [2.75, 3.05) is 4.90 Å². The van der Waals surface area contributed by atoms with Crippen molar-refractivity contribution >= 4 is 17.4 Å². The highest BCUT2D eigenvalue weighted by molar-refractivity contribution is 6.17. The summed E-state index contributed by atoms with van der Waals surface area (Å²) in [7, 11) is 0. The summed E-state index contributed by atoms with van der Waals surface area (Å²) >= 11 is 0. The van der Waals surface area contributed by atoms with Gasteiger partial charge in [-0.3, -0.25) is 19.5 Å². The first-order valence-corrected chi connectivity index (χ1v) is 9.06. The zero-order valence-corrected chi connectivity index (χ0v) is 16.1. The third-order valence-corrected chi connectivity index (χ3v) is 4.78. The van der Waals surface area contributed by atoms with E-state index in [1.54, 1.807) is 45.3 Å². The number of hydrogen-bond donors (Lipinski definition) is 1. The Kier molecular flexibility index (Phi) is 4.87. The second-order valence-corrected chi connectivity index (χ2v) is 7.72. The first kappa shape index (κ1) is 18.8. The van der Waals surface area contributed by atoms with Crippen LogP contribution in [0.3, 0.4) is 0 Å². The molecule has 2 heterocycles. The minimum atomic E-state index is -0.725. The number of carbonyl (C=O) groups is 2. The molecule has 0 spiro atoms. The number of nitrogens with zero attached hydrogens (tertiary/aromatic N) is 2. The Morgan fingerprint density at radius 2 is 1.70 bits per heavy atom. The molecule has 0 aliphatic carbocycles. The predicted molar refractivity (Wildman–Crippen MR) is 104 cm³/mol. The lowest BCUT2D eigenvalue weighted by Gasteiger charge is -2.29. The summed E-state index contributed by atoms with van der Waals surface area (Å²) in [5.41, 5.74) is 1.93. The smallest absolute Gasteiger partial charge is 0.294 e. The van der Waals surface area contributed by atoms with E-state index >= 15 is 0 Å². The molecule has 1 unspecified atom stereocenters. The first-order valence-electron chi connectivity index (χ1n) is 9.06. The van der Waals surface area contributed by atoms with Gasteiger partial charge in [-0.05, 0) is 41.8 Å². The molecule has 140 valence electrons. The summed E-state index contributed by atoms with van der Waals surface area (Å²) in [5, 5.41) is 10.6. The van der Waals surface area contributed by atoms with Gasteiger partial charge in [-0.25, -0.2) is 0 Å². The van der Waals surface area contributed by atoms with Crippen LogP contribution in [0.25, 0.3) is 0 Å². The van der Waals surface area contributed by atoms with Gasteiger partial charge in [-0.2, -0.15) is 0 Å². The summed E-state index contributed by atoms with van der Waals surface area (Å²) in [4.78, 5) is 31.5. The van der Waals surface area contributed by atoms with Gasteiger partial charge in [0, 0.05) is 23.5 Å². The number of amides is 1. The number of hydrogen-bond acceptors (Lipinski definition) is 4. The number of benzene rings is 1. The minimum Gasteiger partial charge on any atom is -0.503 e. The second kappa shape index (κ2) is 6.99. The fourth-order valence-corrected chi connectivity index (χ4v) is 3.26. The predicted octanol–water partition coefficient (Wildman–Crippen LogP) is 4.16. The number of aryl methyl sites for hydroxylation is 1. The average molecular weight is 364 g/mol. The number of carbonyl (C=O) groups excluding carboxylic acids is 2. The van der Waals surface area contributed by atoms with E-state index in [9.17, 15) is 14.7 Å². The van der Waals surface area contributed by atoms with E-state index < -0.39 is 23.1 Å². The first-order chi connectivity index (χ1) is 12.8. The Balaban J connectivity index is 2.16. The fourth-order valence-electron chi connectivity index (χ4n) is 3.26. The van der Waals surface area contributed by atoms with E-state index in [2.05, 4.69) is 11.9 Å². The van der Waals surface area contributed by atoms with E-state index in [0.717, 1.165) is 17.5 Å². The van der Waals surface area contributed by atoms with Crippen molar-refractivity contribution in [2.45, 2.75) is 40.2 Å². The van der Waals surface area contributed by atoms with Crippen molar-refractivity contribution in [1.29, 1.82) is 0 Å². The molecule has 0 bridgehead atoms. The van der Waals surface area contributed by atoms with Crippen molar-refractivity contribution < 1.29 is 14.7 Å². The van der Waals surface area contributed by atoms with Crippen LogP contribution in [-0.2, 0) is 16.0 Å². The molecule has 1 amide bonds. The average Bonchev–Trinajstić information content (AvgIpc) is 2.92. The number of aromatic nitrogens is 1. The van der Waals surface area contributed by atoms with Crippen LogP contribution in [0.2, 0.25) is 0 Å². The largest absolute Gasteiger partial charge is 0.503 e. The monoisotopic (exact) mass is 364 g/mol. The van der Waals surface area contributed by atoms with Gasteiger partial charge in [0.15, 0.2) is 11.5 Å². The van der Waals surface area contributed by atoms with Gasteiger partial charge >= 0.3 is 0 Å². The van der Waals surface area contributed by atoms with Crippen molar-refractivity contribution in [3.63, 3.8) is 0 Å². The Labute approximate surface area is 159 Å². The third-order valence-electron chi connectivity index (χ3n) is 4.78. The van der Waals surface area contributed by atoms with Crippen LogP contribution in [0.4, 0.5) is 5.69 Å². The SMILES string of the molecule is CCc1ccc(N2C(=O)C(O)=C(C(=O)C(C)(C)C)C2c2ccncc2)cc1. The summed E-state index contributed by atoms with van der Waals surface area (Å²) in [6, 6.07) is 10.4. The molecule has 0 fully saturated rings. The Morgan fingerprint density at radius 1 is 1.11 bits per heavy atom. The van der Waals surface area contributed by atoms with Gasteiger partial charge in [-0.1, -0.05) is 39.8 Å². The number of Topliss-reactive ketones (excluding diaryl/α,β-unsaturated/α-hetero) is 1. The maximum Gasteiger partial charge on any atom is 0.294 e. The molecule has 27 heavy (non-hydrogen) atoms. The molecule has 1 atom stereocenters. The molecule has 5 heteroatoms. The summed E-state index contributed by atoms with van der Waals surface area (Å²) in [6.07, 6.45) is 4.12. The van der Waals surface area contributed by atoms with Gasteiger partial charge in [0.25, 0.3) is 5.91 Å². The van der Waals surface area contributed by atoms with Crippen LogP contribution in [0, 0.1) is 5.41 Å². The number of aliphatic hydroxyl groups is 1. The molecule has 1 N–H and O–H groups in total. The highest BCUT2D eigenvalue weighted by Gasteiger charge is 2.46. The Hall–Kier alpha value is -2.95. The standard InChI is InChI=1S/C22H24N2O3/c1-5-14-6-8-16(9-7-14)24-18(15-10-12-23-13-11-15)17(19(25)21(24)27)20(26)22(2,3)4/h6-13,18,25H,5H2,1-4H3. The number of anilines is 1. The molecule has 1 aliphatic heterocycles. The highest BCUT2D eigenvalue weighted by Crippen LogP contribution is 2.43. The van der Waals surface area contributed by atoms with Crippen LogP contribution in [-0.4, -0.2) is 21.8 Å². The number of rotatable bonds is 4. The van der Waals surface area contributed by atoms with Gasteiger partial charge in [0.05, 0.1) is 11.6 Å². The van der Waals surface area contributed by atoms with E-state index in [1.807, 2.05) is 24.3 Å². The minimum absolute atomic E-state index is 0.137. The van der Waals surface area contributed by atoms with Crippen molar-refractivity contribution in [2.24, 2.45) is 5.41 Å². The Bertz CT molecular complexity index is 893. The van der Waals surface area contributed by atoms with Gasteiger partial charge in [0.1, 0.15) is 0 Å². The fraction of sp³-hybridized carbons (Fsp3) is 0.318. The van der Waals surface area contributed by atoms with Crippen LogP contribution in [0.15, 0.2) is 60.1 Å². The molecule has 1 aromatic carbocycles. The maximum absolute atomic E-state index is 13.1. The van der Waals surface area contributed by atoms with Crippen LogP contribution < -0.4 is 4.90 Å². The van der Waals surface area contributed by atoms with E-state index in [4.69, 9.17) is 0 Å². The second-order valence-electron chi connectivity index (χ2n) is 7.72. The highest BCUT2D eigenvalue weighted by atomic mass is 16.3. The number of aliphatic hydroxyl groups excluding tert-OH is 1. The molecule has 2 aromatic rings. The summed E-state index contributed by atoms with van der Waals surface area (Å²) in [6.45, 7) is 7.40. The topological polar surface area (TPSA) is 70.5 Å². The summed E-state index contributed by atoms with van der Waals surface area (Å²) in [5.74, 6) is -1.28. The lowest BCUT2D eigenvalue weighted by atomic mass is 9.82. The van der Waals surface area contributed by atoms with Gasteiger partial charge < -0.3 is 5.11 Å². The molecule has 0 saturated heterocycles. The van der Waals surface area contributed by atoms with Crippen LogP contribution in [0.1, 0.15) is 44.9 Å². The van der Waals surface area contributed by atoms with E-state index in [0.29, 0.717) is 5.69 Å². The molecule has 0 saturated carbocycles. The molecule has 0 radical (unpaired) electrons. The maximum atomic E-state index is 13.1.